The summed E-state index contributed by atoms with van der Waals surface area (Å²) in [4.78, 5) is 2.37. The zero-order valence-corrected chi connectivity index (χ0v) is 14.2. The minimum Gasteiger partial charge on any atom is -0.294 e. The predicted octanol–water partition coefficient (Wildman–Crippen LogP) is 4.23. The summed E-state index contributed by atoms with van der Waals surface area (Å²) in [6.45, 7) is 12.0. The highest BCUT2D eigenvalue weighted by Crippen LogP contribution is 2.11. The smallest absolute Gasteiger partial charge is 0.0686 e. The van der Waals surface area contributed by atoms with Crippen molar-refractivity contribution in [3.63, 3.8) is 0 Å². The lowest BCUT2D eigenvalue weighted by molar-refractivity contribution is 0.295. The van der Waals surface area contributed by atoms with Crippen molar-refractivity contribution in [2.45, 2.75) is 39.5 Å². The summed E-state index contributed by atoms with van der Waals surface area (Å²) < 4.78 is 0. The van der Waals surface area contributed by atoms with Crippen molar-refractivity contribution in [3.05, 3.63) is 47.2 Å². The van der Waals surface area contributed by atoms with Crippen LogP contribution < -0.4 is 0 Å². The first-order valence-corrected chi connectivity index (χ1v) is 10.8. The minimum atomic E-state index is -1.16. The molecule has 1 aromatic carbocycles. The van der Waals surface area contributed by atoms with Gasteiger partial charge < -0.3 is 0 Å². The lowest BCUT2D eigenvalue weighted by Crippen LogP contribution is -2.27. The molecule has 0 aromatic heterocycles. The number of nitriles is 1. The lowest BCUT2D eigenvalue weighted by Gasteiger charge is -2.23. The third kappa shape index (κ3) is 7.27. The summed E-state index contributed by atoms with van der Waals surface area (Å²) in [5.41, 5.74) is 5.20. The molecule has 0 fully saturated rings. The second kappa shape index (κ2) is 8.03. The van der Waals surface area contributed by atoms with E-state index in [0.717, 1.165) is 19.6 Å². The Labute approximate surface area is 124 Å². The van der Waals surface area contributed by atoms with Crippen molar-refractivity contribution in [2.75, 3.05) is 13.1 Å². The molecule has 0 spiro atoms. The fourth-order valence-electron chi connectivity index (χ4n) is 2.40. The van der Waals surface area contributed by atoms with Gasteiger partial charge in [0.15, 0.2) is 0 Å². The highest BCUT2D eigenvalue weighted by Gasteiger charge is 2.11. The molecule has 0 unspecified atom stereocenters. The molecule has 0 heterocycles. The first-order valence-electron chi connectivity index (χ1n) is 7.22. The Bertz CT molecular complexity index is 466. The second-order valence-corrected chi connectivity index (χ2v) is 11.5. The van der Waals surface area contributed by atoms with Crippen molar-refractivity contribution < 1.29 is 0 Å². The number of benzene rings is 1. The van der Waals surface area contributed by atoms with Gasteiger partial charge in [-0.2, -0.15) is 5.26 Å². The zero-order chi connectivity index (χ0) is 15.0. The molecule has 0 aliphatic heterocycles. The summed E-state index contributed by atoms with van der Waals surface area (Å²) in [6.07, 6.45) is 0.590. The monoisotopic (exact) mass is 286 g/mol. The van der Waals surface area contributed by atoms with E-state index in [1.54, 1.807) is 0 Å². The van der Waals surface area contributed by atoms with Crippen LogP contribution >= 0.6 is 0 Å². The van der Waals surface area contributed by atoms with Crippen molar-refractivity contribution in [2.24, 2.45) is 0 Å². The summed E-state index contributed by atoms with van der Waals surface area (Å²) in [6, 6.07) is 12.7. The second-order valence-electron chi connectivity index (χ2n) is 6.46. The van der Waals surface area contributed by atoms with E-state index in [1.165, 1.54) is 11.1 Å². The molecule has 2 nitrogen and oxygen atoms in total. The van der Waals surface area contributed by atoms with Crippen LogP contribution in [0.15, 0.2) is 41.6 Å². The van der Waals surface area contributed by atoms with Crippen molar-refractivity contribution in [1.29, 1.82) is 5.26 Å². The first kappa shape index (κ1) is 16.7. The van der Waals surface area contributed by atoms with Crippen molar-refractivity contribution in [3.8, 4) is 6.07 Å². The first-order chi connectivity index (χ1) is 9.40. The topological polar surface area (TPSA) is 27.0 Å². The van der Waals surface area contributed by atoms with Crippen LogP contribution in [0.5, 0.6) is 0 Å². The molecule has 0 bridgehead atoms. The fraction of sp³-hybridized carbons (Fsp3) is 0.471. The predicted molar refractivity (Wildman–Crippen MR) is 89.1 cm³/mol. The van der Waals surface area contributed by atoms with Gasteiger partial charge in [-0.1, -0.05) is 61.2 Å². The molecular formula is C17H26N2Si. The van der Waals surface area contributed by atoms with Crippen molar-refractivity contribution in [1.82, 2.24) is 4.90 Å². The highest BCUT2D eigenvalue weighted by atomic mass is 28.3. The van der Waals surface area contributed by atoms with E-state index >= 15 is 0 Å². The maximum Gasteiger partial charge on any atom is 0.0686 e. The molecule has 0 atom stereocenters. The Hall–Kier alpha value is -1.37. The lowest BCUT2D eigenvalue weighted by atomic mass is 10.2. The van der Waals surface area contributed by atoms with Gasteiger partial charge in [0.25, 0.3) is 0 Å². The largest absolute Gasteiger partial charge is 0.294 e. The van der Waals surface area contributed by atoms with Gasteiger partial charge in [-0.3, -0.25) is 4.90 Å². The van der Waals surface area contributed by atoms with Crippen LogP contribution in [0.25, 0.3) is 0 Å². The van der Waals surface area contributed by atoms with Crippen LogP contribution in [0.2, 0.25) is 19.6 Å². The molecule has 20 heavy (non-hydrogen) atoms. The summed E-state index contributed by atoms with van der Waals surface area (Å²) in [5, 5.41) is 8.82. The molecule has 0 amide bonds. The van der Waals surface area contributed by atoms with E-state index in [-0.39, 0.29) is 0 Å². The van der Waals surface area contributed by atoms with E-state index in [4.69, 9.17) is 5.26 Å². The Morgan fingerprint density at radius 3 is 2.45 bits per heavy atom. The highest BCUT2D eigenvalue weighted by molar-refractivity contribution is 6.81. The van der Waals surface area contributed by atoms with Crippen LogP contribution in [0.3, 0.4) is 0 Å². The third-order valence-corrected chi connectivity index (χ3v) is 4.30. The molecule has 1 rings (SSSR count). The average Bonchev–Trinajstić information content (AvgIpc) is 2.35. The number of nitrogens with zero attached hydrogens (tertiary/aromatic N) is 2. The molecule has 0 saturated heterocycles. The van der Waals surface area contributed by atoms with Gasteiger partial charge in [-0.05, 0) is 12.5 Å². The van der Waals surface area contributed by atoms with E-state index < -0.39 is 8.07 Å². The molecule has 0 N–H and O–H groups in total. The Kier molecular flexibility index (Phi) is 6.70. The molecule has 0 aliphatic rings. The van der Waals surface area contributed by atoms with Crippen LogP contribution in [0.1, 0.15) is 18.9 Å². The van der Waals surface area contributed by atoms with Crippen LogP contribution in [0, 0.1) is 11.3 Å². The minimum absolute atomic E-state index is 0.590. The quantitative estimate of drug-likeness (QED) is 0.702. The van der Waals surface area contributed by atoms with Crippen LogP contribution in [0.4, 0.5) is 0 Å². The summed E-state index contributed by atoms with van der Waals surface area (Å²) >= 11 is 0. The summed E-state index contributed by atoms with van der Waals surface area (Å²) in [5.74, 6) is 0. The molecular weight excluding hydrogens is 260 g/mol. The summed E-state index contributed by atoms with van der Waals surface area (Å²) in [7, 11) is -1.16. The van der Waals surface area contributed by atoms with E-state index in [2.05, 4.69) is 67.5 Å². The van der Waals surface area contributed by atoms with E-state index in [1.807, 2.05) is 6.07 Å². The fourth-order valence-corrected chi connectivity index (χ4v) is 3.97. The molecule has 1 aromatic rings. The van der Waals surface area contributed by atoms with Gasteiger partial charge in [-0.15, -0.1) is 0 Å². The normalized spacial score (nSPS) is 12.5. The number of hydrogen-bond donors (Lipinski definition) is 0. The zero-order valence-electron chi connectivity index (χ0n) is 13.2. The van der Waals surface area contributed by atoms with Crippen molar-refractivity contribution >= 4 is 8.07 Å². The standard InChI is InChI=1S/C17H26N2Si/c1-16(15-20(2,3)4)13-19(12-8-11-18)14-17-9-6-5-7-10-17/h5-7,9-10,15H,8,12-14H2,1-4H3/b16-15+. The maximum absolute atomic E-state index is 8.82. The van der Waals surface area contributed by atoms with Gasteiger partial charge in [0, 0.05) is 26.1 Å². The van der Waals surface area contributed by atoms with Gasteiger partial charge in [0.1, 0.15) is 0 Å². The van der Waals surface area contributed by atoms with Crippen LogP contribution in [-0.2, 0) is 6.54 Å². The van der Waals surface area contributed by atoms with Gasteiger partial charge in [0.05, 0.1) is 14.1 Å². The molecule has 108 valence electrons. The Balaban J connectivity index is 2.70. The van der Waals surface area contributed by atoms with E-state index in [0.29, 0.717) is 6.42 Å². The molecule has 0 radical (unpaired) electrons. The SMILES string of the molecule is C/C(=C\[Si](C)(C)C)CN(CCC#N)Cc1ccccc1. The molecule has 0 aliphatic carbocycles. The third-order valence-electron chi connectivity index (χ3n) is 2.94. The Morgan fingerprint density at radius 2 is 1.90 bits per heavy atom. The number of hydrogen-bond acceptors (Lipinski definition) is 2. The van der Waals surface area contributed by atoms with Gasteiger partial charge in [-0.25, -0.2) is 0 Å². The average molecular weight is 286 g/mol. The van der Waals surface area contributed by atoms with Gasteiger partial charge in [0.2, 0.25) is 0 Å². The maximum atomic E-state index is 8.82. The van der Waals surface area contributed by atoms with Gasteiger partial charge >= 0.3 is 0 Å². The number of rotatable bonds is 7. The molecule has 3 heteroatoms. The van der Waals surface area contributed by atoms with Crippen LogP contribution in [-0.4, -0.2) is 26.1 Å². The Morgan fingerprint density at radius 1 is 1.25 bits per heavy atom. The van der Waals surface area contributed by atoms with E-state index in [9.17, 15) is 0 Å². The molecule has 0 saturated carbocycles.